The zero-order valence-electron chi connectivity index (χ0n) is 19.6. The molecule has 1 heterocycles. The number of nitrogens with one attached hydrogen (secondary N) is 2. The second-order valence-electron chi connectivity index (χ2n) is 8.92. The van der Waals surface area contributed by atoms with E-state index < -0.39 is 23.6 Å². The van der Waals surface area contributed by atoms with Crippen LogP contribution in [0.4, 0.5) is 10.5 Å². The van der Waals surface area contributed by atoms with Gasteiger partial charge in [0.1, 0.15) is 17.1 Å². The highest BCUT2D eigenvalue weighted by Gasteiger charge is 2.19. The van der Waals surface area contributed by atoms with Gasteiger partial charge in [0, 0.05) is 17.7 Å². The number of allylic oxidation sites excluding steroid dienone is 2. The first kappa shape index (κ1) is 24.4. The second-order valence-corrected chi connectivity index (χ2v) is 8.92. The second kappa shape index (κ2) is 9.74. The third kappa shape index (κ3) is 6.41. The van der Waals surface area contributed by atoms with Crippen LogP contribution in [-0.4, -0.2) is 34.4 Å². The summed E-state index contributed by atoms with van der Waals surface area (Å²) in [5.74, 6) is -1.41. The van der Waals surface area contributed by atoms with Gasteiger partial charge in [0.2, 0.25) is 0 Å². The molecule has 8 nitrogen and oxygen atoms in total. The van der Waals surface area contributed by atoms with Crippen molar-refractivity contribution in [3.05, 3.63) is 77.6 Å². The lowest BCUT2D eigenvalue weighted by molar-refractivity contribution is -0.129. The number of benzene rings is 2. The highest BCUT2D eigenvalue weighted by atomic mass is 16.6. The average Bonchev–Trinajstić information content (AvgIpc) is 2.72. The normalized spacial score (nSPS) is 13.5. The summed E-state index contributed by atoms with van der Waals surface area (Å²) >= 11 is 0. The summed E-state index contributed by atoms with van der Waals surface area (Å²) in [5.41, 5.74) is 3.29. The molecule has 0 bridgehead atoms. The molecule has 1 aliphatic heterocycles. The van der Waals surface area contributed by atoms with Crippen molar-refractivity contribution < 1.29 is 24.2 Å². The molecule has 0 atom stereocenters. The number of carbonyl (C=O) groups is 3. The molecular formula is C26H27N3O5. The van der Waals surface area contributed by atoms with E-state index in [4.69, 9.17) is 4.74 Å². The number of hydrogen-bond acceptors (Lipinski definition) is 5. The molecule has 176 valence electrons. The molecule has 0 saturated heterocycles. The first-order valence-electron chi connectivity index (χ1n) is 10.6. The fourth-order valence-corrected chi connectivity index (χ4v) is 3.26. The van der Waals surface area contributed by atoms with E-state index in [0.717, 1.165) is 16.7 Å². The average molecular weight is 462 g/mol. The van der Waals surface area contributed by atoms with Crippen LogP contribution in [0.5, 0.6) is 0 Å². The predicted octanol–water partition coefficient (Wildman–Crippen LogP) is 5.07. The van der Waals surface area contributed by atoms with Crippen molar-refractivity contribution in [2.45, 2.75) is 39.7 Å². The van der Waals surface area contributed by atoms with Crippen molar-refractivity contribution in [2.24, 2.45) is 4.99 Å². The molecular weight excluding hydrogens is 434 g/mol. The van der Waals surface area contributed by atoms with E-state index in [-0.39, 0.29) is 18.0 Å². The summed E-state index contributed by atoms with van der Waals surface area (Å²) in [6.07, 6.45) is 1.14. The summed E-state index contributed by atoms with van der Waals surface area (Å²) in [4.78, 5) is 40.1. The Hall–Kier alpha value is -4.20. The highest BCUT2D eigenvalue weighted by Crippen LogP contribution is 2.25. The molecule has 3 rings (SSSR count). The monoisotopic (exact) mass is 461 g/mol. The third-order valence-corrected chi connectivity index (χ3v) is 4.82. The molecule has 3 N–H and O–H groups in total. The Morgan fingerprint density at radius 3 is 2.29 bits per heavy atom. The maximum Gasteiger partial charge on any atom is 0.412 e. The van der Waals surface area contributed by atoms with Crippen molar-refractivity contribution in [1.82, 2.24) is 5.32 Å². The van der Waals surface area contributed by atoms with E-state index in [9.17, 15) is 19.5 Å². The van der Waals surface area contributed by atoms with Gasteiger partial charge >= 0.3 is 12.1 Å². The van der Waals surface area contributed by atoms with Gasteiger partial charge < -0.3 is 15.2 Å². The molecule has 0 unspecified atom stereocenters. The van der Waals surface area contributed by atoms with Gasteiger partial charge in [-0.1, -0.05) is 30.8 Å². The lowest BCUT2D eigenvalue weighted by Gasteiger charge is -2.19. The smallest absolute Gasteiger partial charge is 0.412 e. The number of aliphatic imine (C=N–C) groups is 1. The van der Waals surface area contributed by atoms with E-state index in [1.54, 1.807) is 45.0 Å². The Balaban J connectivity index is 1.77. The minimum Gasteiger partial charge on any atom is -0.477 e. The number of amides is 2. The van der Waals surface area contributed by atoms with Crippen LogP contribution in [0, 0.1) is 6.92 Å². The molecule has 2 amide bonds. The summed E-state index contributed by atoms with van der Waals surface area (Å²) in [5, 5.41) is 14.6. The Bertz CT molecular complexity index is 1220. The maximum atomic E-state index is 12.9. The fraction of sp³-hybridized carbons (Fsp3) is 0.231. The fourth-order valence-electron chi connectivity index (χ4n) is 3.26. The number of aryl methyl sites for hydroxylation is 1. The van der Waals surface area contributed by atoms with Crippen molar-refractivity contribution in [3.63, 3.8) is 0 Å². The molecule has 0 radical (unpaired) electrons. The molecule has 2 aromatic carbocycles. The Morgan fingerprint density at radius 2 is 1.68 bits per heavy atom. The summed E-state index contributed by atoms with van der Waals surface area (Å²) in [6, 6.07) is 12.6. The topological polar surface area (TPSA) is 117 Å². The van der Waals surface area contributed by atoms with Crippen LogP contribution in [0.25, 0.3) is 11.1 Å². The van der Waals surface area contributed by atoms with Gasteiger partial charge in [0.15, 0.2) is 0 Å². The van der Waals surface area contributed by atoms with Crippen LogP contribution in [0.2, 0.25) is 0 Å². The molecule has 0 spiro atoms. The van der Waals surface area contributed by atoms with Gasteiger partial charge in [-0.15, -0.1) is 0 Å². The first-order valence-corrected chi connectivity index (χ1v) is 10.6. The molecule has 0 aliphatic carbocycles. The largest absolute Gasteiger partial charge is 0.477 e. The van der Waals surface area contributed by atoms with Gasteiger partial charge in [-0.05, 0) is 74.2 Å². The van der Waals surface area contributed by atoms with E-state index in [0.29, 0.717) is 16.8 Å². The van der Waals surface area contributed by atoms with E-state index in [2.05, 4.69) is 22.2 Å². The van der Waals surface area contributed by atoms with Crippen LogP contribution >= 0.6 is 0 Å². The van der Waals surface area contributed by atoms with Gasteiger partial charge in [-0.25, -0.2) is 14.6 Å². The lowest BCUT2D eigenvalue weighted by atomic mass is 9.99. The van der Waals surface area contributed by atoms with Crippen molar-refractivity contribution in [3.8, 4) is 11.1 Å². The Kier molecular flexibility index (Phi) is 7.00. The predicted molar refractivity (Wildman–Crippen MR) is 131 cm³/mol. The minimum atomic E-state index is -1.15. The molecule has 0 aromatic heterocycles. The molecule has 34 heavy (non-hydrogen) atoms. The van der Waals surface area contributed by atoms with E-state index in [1.165, 1.54) is 0 Å². The zero-order valence-corrected chi connectivity index (χ0v) is 19.6. The van der Waals surface area contributed by atoms with Crippen molar-refractivity contribution in [1.29, 1.82) is 0 Å². The first-order chi connectivity index (χ1) is 15.9. The van der Waals surface area contributed by atoms with Gasteiger partial charge in [0.05, 0.1) is 0 Å². The van der Waals surface area contributed by atoms with Crippen molar-refractivity contribution >= 4 is 29.4 Å². The maximum absolute atomic E-state index is 12.9. The summed E-state index contributed by atoms with van der Waals surface area (Å²) in [7, 11) is 0. The molecule has 8 heteroatoms. The number of carboxylic acid groups (broad SMARTS) is 1. The lowest BCUT2D eigenvalue weighted by Crippen LogP contribution is -2.27. The number of aliphatic carboxylic acids is 1. The van der Waals surface area contributed by atoms with Crippen molar-refractivity contribution in [2.75, 3.05) is 5.32 Å². The standard InChI is InChI=1S/C26H27N3O5/c1-15-12-21(24(31)32)28-22(13-15)29-23(30)20-14-18(7-6-16(20)2)17-8-10-19(11-9-17)27-25(33)34-26(3,4)5/h6-11,13-14H,1,12H2,2-5H3,(H,27,33)(H,29,30)(H,31,32). The highest BCUT2D eigenvalue weighted by molar-refractivity contribution is 6.36. The number of nitrogens with zero attached hydrogens (tertiary/aromatic N) is 1. The third-order valence-electron chi connectivity index (χ3n) is 4.82. The van der Waals surface area contributed by atoms with Gasteiger partial charge in [0.25, 0.3) is 5.91 Å². The summed E-state index contributed by atoms with van der Waals surface area (Å²) < 4.78 is 5.25. The minimum absolute atomic E-state index is 0.0756. The number of carbonyl (C=O) groups excluding carboxylic acids is 2. The molecule has 2 aromatic rings. The molecule has 0 saturated carbocycles. The van der Waals surface area contributed by atoms with Crippen LogP contribution in [0.15, 0.2) is 71.5 Å². The molecule has 1 aliphatic rings. The van der Waals surface area contributed by atoms with Crippen LogP contribution in [0.3, 0.4) is 0 Å². The number of rotatable bonds is 5. The van der Waals surface area contributed by atoms with Gasteiger partial charge in [-0.3, -0.25) is 10.1 Å². The SMILES string of the molecule is C=C1C=C(NC(=O)c2cc(-c3ccc(NC(=O)OC(C)(C)C)cc3)ccc2C)N=C(C(=O)O)C1. The summed E-state index contributed by atoms with van der Waals surface area (Å²) in [6.45, 7) is 11.0. The quantitative estimate of drug-likeness (QED) is 0.575. The number of ether oxygens (including phenoxy) is 1. The Labute approximate surface area is 198 Å². The van der Waals surface area contributed by atoms with E-state index in [1.807, 2.05) is 31.2 Å². The Morgan fingerprint density at radius 1 is 1.03 bits per heavy atom. The number of anilines is 1. The van der Waals surface area contributed by atoms with Crippen LogP contribution in [0.1, 0.15) is 43.1 Å². The number of carboxylic acids is 1. The zero-order chi connectivity index (χ0) is 25.0. The number of hydrogen-bond donors (Lipinski definition) is 3. The van der Waals surface area contributed by atoms with Gasteiger partial charge in [-0.2, -0.15) is 0 Å². The molecule has 0 fully saturated rings. The van der Waals surface area contributed by atoms with Crippen LogP contribution < -0.4 is 10.6 Å². The van der Waals surface area contributed by atoms with E-state index >= 15 is 0 Å². The van der Waals surface area contributed by atoms with Crippen LogP contribution in [-0.2, 0) is 9.53 Å².